The van der Waals surface area contributed by atoms with Crippen molar-refractivity contribution in [3.8, 4) is 0 Å². The van der Waals surface area contributed by atoms with Crippen molar-refractivity contribution in [3.63, 3.8) is 0 Å². The molecule has 0 unspecified atom stereocenters. The van der Waals surface area contributed by atoms with Crippen molar-refractivity contribution in [2.75, 3.05) is 14.1 Å². The predicted octanol–water partition coefficient (Wildman–Crippen LogP) is 1.44. The van der Waals surface area contributed by atoms with E-state index in [9.17, 15) is 4.79 Å². The molecule has 0 bridgehead atoms. The highest BCUT2D eigenvalue weighted by Crippen LogP contribution is 2.09. The highest BCUT2D eigenvalue weighted by atomic mass is 35.5. The molecule has 3 nitrogen and oxygen atoms in total. The van der Waals surface area contributed by atoms with Crippen LogP contribution in [0.2, 0.25) is 5.02 Å². The van der Waals surface area contributed by atoms with Crippen LogP contribution in [0.5, 0.6) is 0 Å². The van der Waals surface area contributed by atoms with Crippen LogP contribution in [0.4, 0.5) is 0 Å². The van der Waals surface area contributed by atoms with Gasteiger partial charge in [0.15, 0.2) is 0 Å². The summed E-state index contributed by atoms with van der Waals surface area (Å²) in [5.74, 6) is -0.0926. The standard InChI is InChI=1S/C8H9ClN2O/c1-11(2)8(12)6-3-7(9)5-10-4-6/h3-5H,1-2H3. The average molecular weight is 185 g/mol. The maximum atomic E-state index is 11.3. The van der Waals surface area contributed by atoms with Crippen LogP contribution in [0.3, 0.4) is 0 Å². The van der Waals surface area contributed by atoms with E-state index in [0.717, 1.165) is 0 Å². The van der Waals surface area contributed by atoms with E-state index in [1.165, 1.54) is 17.3 Å². The maximum absolute atomic E-state index is 11.3. The van der Waals surface area contributed by atoms with Crippen LogP contribution in [0.15, 0.2) is 18.5 Å². The first kappa shape index (κ1) is 9.00. The summed E-state index contributed by atoms with van der Waals surface area (Å²) in [7, 11) is 3.37. The molecule has 1 aromatic rings. The Balaban J connectivity index is 2.96. The second-order valence-corrected chi connectivity index (χ2v) is 3.03. The molecule has 0 saturated heterocycles. The Morgan fingerprint density at radius 2 is 2.17 bits per heavy atom. The Bertz CT molecular complexity index is 299. The smallest absolute Gasteiger partial charge is 0.254 e. The molecule has 1 aromatic heterocycles. The molecule has 0 aliphatic carbocycles. The zero-order valence-electron chi connectivity index (χ0n) is 6.91. The van der Waals surface area contributed by atoms with Crippen LogP contribution >= 0.6 is 11.6 Å². The molecule has 0 N–H and O–H groups in total. The van der Waals surface area contributed by atoms with Crippen molar-refractivity contribution in [2.45, 2.75) is 0 Å². The van der Waals surface area contributed by atoms with Gasteiger partial charge < -0.3 is 4.90 Å². The molecule has 1 rings (SSSR count). The third kappa shape index (κ3) is 1.95. The Hall–Kier alpha value is -1.09. The van der Waals surface area contributed by atoms with E-state index in [0.29, 0.717) is 10.6 Å². The number of hydrogen-bond acceptors (Lipinski definition) is 2. The molecule has 0 radical (unpaired) electrons. The molecule has 0 aliphatic rings. The van der Waals surface area contributed by atoms with Crippen molar-refractivity contribution in [1.29, 1.82) is 0 Å². The number of pyridine rings is 1. The lowest BCUT2D eigenvalue weighted by atomic mass is 10.2. The summed E-state index contributed by atoms with van der Waals surface area (Å²) < 4.78 is 0. The number of halogens is 1. The molecule has 64 valence electrons. The Kier molecular flexibility index (Phi) is 2.65. The van der Waals surface area contributed by atoms with E-state index >= 15 is 0 Å². The van der Waals surface area contributed by atoms with E-state index < -0.39 is 0 Å². The number of carbonyl (C=O) groups is 1. The van der Waals surface area contributed by atoms with Crippen molar-refractivity contribution in [1.82, 2.24) is 9.88 Å². The Labute approximate surface area is 76.0 Å². The second-order valence-electron chi connectivity index (χ2n) is 2.59. The quantitative estimate of drug-likeness (QED) is 0.662. The molecule has 0 saturated carbocycles. The molecule has 1 heterocycles. The van der Waals surface area contributed by atoms with Gasteiger partial charge in [0.25, 0.3) is 5.91 Å². The number of hydrogen-bond donors (Lipinski definition) is 0. The fourth-order valence-corrected chi connectivity index (χ4v) is 0.961. The van der Waals surface area contributed by atoms with Crippen molar-refractivity contribution in [2.24, 2.45) is 0 Å². The van der Waals surface area contributed by atoms with Gasteiger partial charge >= 0.3 is 0 Å². The second kappa shape index (κ2) is 3.54. The third-order valence-corrected chi connectivity index (χ3v) is 1.56. The molecule has 0 spiro atoms. The molecule has 0 aromatic carbocycles. The van der Waals surface area contributed by atoms with Crippen LogP contribution in [0.25, 0.3) is 0 Å². The highest BCUT2D eigenvalue weighted by Gasteiger charge is 2.07. The Morgan fingerprint density at radius 3 is 2.67 bits per heavy atom. The van der Waals surface area contributed by atoms with Crippen LogP contribution in [0, 0.1) is 0 Å². The predicted molar refractivity (Wildman–Crippen MR) is 47.3 cm³/mol. The zero-order chi connectivity index (χ0) is 9.14. The van der Waals surface area contributed by atoms with Gasteiger partial charge in [-0.1, -0.05) is 11.6 Å². The number of aromatic nitrogens is 1. The van der Waals surface area contributed by atoms with E-state index in [1.807, 2.05) is 0 Å². The van der Waals surface area contributed by atoms with Gasteiger partial charge in [0.2, 0.25) is 0 Å². The lowest BCUT2D eigenvalue weighted by molar-refractivity contribution is 0.0827. The summed E-state index contributed by atoms with van der Waals surface area (Å²) in [5.41, 5.74) is 0.507. The van der Waals surface area contributed by atoms with Gasteiger partial charge in [-0.2, -0.15) is 0 Å². The van der Waals surface area contributed by atoms with Gasteiger partial charge in [-0.15, -0.1) is 0 Å². The summed E-state index contributed by atoms with van der Waals surface area (Å²) in [4.78, 5) is 16.6. The molecule has 0 aliphatic heterocycles. The van der Waals surface area contributed by atoms with Crippen LogP contribution < -0.4 is 0 Å². The highest BCUT2D eigenvalue weighted by molar-refractivity contribution is 6.30. The average Bonchev–Trinajstić information content (AvgIpc) is 2.03. The molecule has 1 amide bonds. The monoisotopic (exact) mass is 184 g/mol. The van der Waals surface area contributed by atoms with E-state index in [4.69, 9.17) is 11.6 Å². The van der Waals surface area contributed by atoms with E-state index in [-0.39, 0.29) is 5.91 Å². The minimum atomic E-state index is -0.0926. The maximum Gasteiger partial charge on any atom is 0.254 e. The first-order chi connectivity index (χ1) is 5.61. The summed E-state index contributed by atoms with van der Waals surface area (Å²) in [5, 5.41) is 0.475. The van der Waals surface area contributed by atoms with Crippen LogP contribution in [-0.4, -0.2) is 29.9 Å². The van der Waals surface area contributed by atoms with Gasteiger partial charge in [0, 0.05) is 26.5 Å². The first-order valence-electron chi connectivity index (χ1n) is 3.43. The topological polar surface area (TPSA) is 33.2 Å². The third-order valence-electron chi connectivity index (χ3n) is 1.36. The van der Waals surface area contributed by atoms with Gasteiger partial charge in [0.1, 0.15) is 0 Å². The van der Waals surface area contributed by atoms with Crippen LogP contribution in [0.1, 0.15) is 10.4 Å². The van der Waals surface area contributed by atoms with Gasteiger partial charge in [-0.05, 0) is 6.07 Å². The van der Waals surface area contributed by atoms with Crippen molar-refractivity contribution in [3.05, 3.63) is 29.0 Å². The number of carbonyl (C=O) groups excluding carboxylic acids is 1. The number of amides is 1. The largest absolute Gasteiger partial charge is 0.345 e. The molecule has 4 heteroatoms. The molecule has 12 heavy (non-hydrogen) atoms. The fourth-order valence-electron chi connectivity index (χ4n) is 0.787. The van der Waals surface area contributed by atoms with Gasteiger partial charge in [0.05, 0.1) is 10.6 Å². The normalized spacial score (nSPS) is 9.58. The summed E-state index contributed by atoms with van der Waals surface area (Å²) in [6.07, 6.45) is 2.99. The molecular formula is C8H9ClN2O. The Morgan fingerprint density at radius 1 is 1.50 bits per heavy atom. The van der Waals surface area contributed by atoms with Crippen LogP contribution in [-0.2, 0) is 0 Å². The summed E-state index contributed by atoms with van der Waals surface area (Å²) in [6, 6.07) is 1.59. The fraction of sp³-hybridized carbons (Fsp3) is 0.250. The van der Waals surface area contributed by atoms with Gasteiger partial charge in [-0.25, -0.2) is 0 Å². The summed E-state index contributed by atoms with van der Waals surface area (Å²) in [6.45, 7) is 0. The van der Waals surface area contributed by atoms with Crippen molar-refractivity contribution < 1.29 is 4.79 Å². The number of nitrogens with zero attached hydrogens (tertiary/aromatic N) is 2. The molecule has 0 atom stereocenters. The van der Waals surface area contributed by atoms with E-state index in [2.05, 4.69) is 4.98 Å². The summed E-state index contributed by atoms with van der Waals surface area (Å²) >= 11 is 5.66. The SMILES string of the molecule is CN(C)C(=O)c1cncc(Cl)c1. The lowest BCUT2D eigenvalue weighted by Crippen LogP contribution is -2.21. The first-order valence-corrected chi connectivity index (χ1v) is 3.81. The minimum Gasteiger partial charge on any atom is -0.345 e. The van der Waals surface area contributed by atoms with E-state index in [1.54, 1.807) is 20.2 Å². The minimum absolute atomic E-state index is 0.0926. The number of rotatable bonds is 1. The molecule has 0 fully saturated rings. The zero-order valence-corrected chi connectivity index (χ0v) is 7.67. The molecular weight excluding hydrogens is 176 g/mol. The van der Waals surface area contributed by atoms with Gasteiger partial charge in [-0.3, -0.25) is 9.78 Å². The van der Waals surface area contributed by atoms with Crippen molar-refractivity contribution >= 4 is 17.5 Å². The lowest BCUT2D eigenvalue weighted by Gasteiger charge is -2.09.